The number of allylic oxidation sites excluding steroid dienone is 1. The summed E-state index contributed by atoms with van der Waals surface area (Å²) < 4.78 is 12.2. The number of hydrogen-bond acceptors (Lipinski definition) is 6. The zero-order chi connectivity index (χ0) is 22.0. The van der Waals surface area contributed by atoms with Gasteiger partial charge in [-0.3, -0.25) is 0 Å². The third-order valence-corrected chi connectivity index (χ3v) is 6.49. The minimum absolute atomic E-state index is 0.305. The summed E-state index contributed by atoms with van der Waals surface area (Å²) in [5, 5.41) is 2.83. The van der Waals surface area contributed by atoms with E-state index in [-0.39, 0.29) is 12.0 Å². The van der Waals surface area contributed by atoms with Crippen LogP contribution in [0.15, 0.2) is 74.8 Å². The Morgan fingerprint density at radius 3 is 2.68 bits per heavy atom. The Hall–Kier alpha value is -2.51. The fourth-order valence-corrected chi connectivity index (χ4v) is 4.85. The number of fused-ring (bicyclic) bond motifs is 1. The zero-order valence-electron chi connectivity index (χ0n) is 17.6. The molecule has 2 heterocycles. The van der Waals surface area contributed by atoms with E-state index in [0.717, 1.165) is 26.5 Å². The number of halogens is 1. The highest BCUT2D eigenvalue weighted by Crippen LogP contribution is 2.42. The van der Waals surface area contributed by atoms with Gasteiger partial charge in [-0.15, -0.1) is 0 Å². The van der Waals surface area contributed by atoms with Gasteiger partial charge in [0.1, 0.15) is 12.4 Å². The molecule has 31 heavy (non-hydrogen) atoms. The summed E-state index contributed by atoms with van der Waals surface area (Å²) in [5.74, 6) is 0.410. The molecule has 0 saturated heterocycles. The van der Waals surface area contributed by atoms with Crippen molar-refractivity contribution in [3.05, 3.63) is 86.5 Å². The number of ether oxygens (including phenoxy) is 2. The Labute approximate surface area is 195 Å². The smallest absolute Gasteiger partial charge is 0.338 e. The first kappa shape index (κ1) is 21.7. The Kier molecular flexibility index (Phi) is 6.53. The van der Waals surface area contributed by atoms with Crippen molar-refractivity contribution in [2.45, 2.75) is 33.4 Å². The molecule has 2 aromatic rings. The van der Waals surface area contributed by atoms with Gasteiger partial charge < -0.3 is 14.4 Å². The van der Waals surface area contributed by atoms with Gasteiger partial charge in [0.05, 0.1) is 28.4 Å². The van der Waals surface area contributed by atoms with Gasteiger partial charge in [0.25, 0.3) is 0 Å². The molecule has 0 saturated carbocycles. The van der Waals surface area contributed by atoms with Crippen molar-refractivity contribution in [1.29, 1.82) is 0 Å². The summed E-state index contributed by atoms with van der Waals surface area (Å²) in [4.78, 5) is 19.4. The molecule has 4 rings (SSSR count). The van der Waals surface area contributed by atoms with Crippen LogP contribution in [0.4, 0.5) is 0 Å². The lowest BCUT2D eigenvalue weighted by Crippen LogP contribution is -2.34. The molecule has 0 N–H and O–H groups in total. The quantitative estimate of drug-likeness (QED) is 0.450. The van der Waals surface area contributed by atoms with E-state index in [1.807, 2.05) is 48.6 Å². The van der Waals surface area contributed by atoms with Gasteiger partial charge >= 0.3 is 5.97 Å². The Morgan fingerprint density at radius 2 is 1.97 bits per heavy atom. The second kappa shape index (κ2) is 9.32. The van der Waals surface area contributed by atoms with Crippen molar-refractivity contribution >= 4 is 38.8 Å². The Bertz CT molecular complexity index is 1090. The molecule has 0 aromatic heterocycles. The van der Waals surface area contributed by atoms with Gasteiger partial charge in [0, 0.05) is 6.20 Å². The van der Waals surface area contributed by atoms with E-state index < -0.39 is 0 Å². The topological polar surface area (TPSA) is 51.1 Å². The Morgan fingerprint density at radius 1 is 1.19 bits per heavy atom. The van der Waals surface area contributed by atoms with Crippen molar-refractivity contribution in [2.75, 3.05) is 6.61 Å². The normalized spacial score (nSPS) is 17.5. The first-order chi connectivity index (χ1) is 15.0. The molecule has 0 fully saturated rings. The number of hydrogen-bond donors (Lipinski definition) is 0. The number of aryl methyl sites for hydroxylation is 1. The van der Waals surface area contributed by atoms with Crippen molar-refractivity contribution in [2.24, 2.45) is 4.99 Å². The van der Waals surface area contributed by atoms with Gasteiger partial charge in [-0.2, -0.15) is 0 Å². The summed E-state index contributed by atoms with van der Waals surface area (Å²) in [6.45, 7) is 6.53. The van der Waals surface area contributed by atoms with Gasteiger partial charge in [0.2, 0.25) is 0 Å². The van der Waals surface area contributed by atoms with Crippen molar-refractivity contribution < 1.29 is 14.3 Å². The molecule has 5 nitrogen and oxygen atoms in total. The molecule has 2 aromatic carbocycles. The summed E-state index contributed by atoms with van der Waals surface area (Å²) in [6, 6.07) is 13.9. The number of thioether (sulfide) groups is 1. The first-order valence-corrected chi connectivity index (χ1v) is 11.7. The maximum absolute atomic E-state index is 12.8. The van der Waals surface area contributed by atoms with Gasteiger partial charge in [-0.25, -0.2) is 9.79 Å². The van der Waals surface area contributed by atoms with Crippen LogP contribution < -0.4 is 4.74 Å². The summed E-state index contributed by atoms with van der Waals surface area (Å²) in [7, 11) is 0. The molecular weight excluding hydrogens is 476 g/mol. The second-order valence-electron chi connectivity index (χ2n) is 7.29. The van der Waals surface area contributed by atoms with Gasteiger partial charge in [-0.05, 0) is 65.4 Å². The average molecular weight is 499 g/mol. The minimum Gasteiger partial charge on any atom is -0.488 e. The first-order valence-electron chi connectivity index (χ1n) is 10.0. The SMILES string of the molecule is CCOC(=O)C1=C(C)N=C2SC=CN2C1c1ccc(OCc2ccc(C)cc2)c(Br)c1. The third-order valence-electron chi connectivity index (χ3n) is 5.10. The summed E-state index contributed by atoms with van der Waals surface area (Å²) >= 11 is 5.19. The minimum atomic E-state index is -0.339. The molecule has 160 valence electrons. The van der Waals surface area contributed by atoms with Crippen molar-refractivity contribution in [3.8, 4) is 5.75 Å². The number of esters is 1. The molecule has 0 aliphatic carbocycles. The summed E-state index contributed by atoms with van der Waals surface area (Å²) in [6.07, 6.45) is 1.95. The number of carbonyl (C=O) groups excluding carboxylic acids is 1. The van der Waals surface area contributed by atoms with Gasteiger partial charge in [0.15, 0.2) is 5.17 Å². The molecule has 0 bridgehead atoms. The van der Waals surface area contributed by atoms with E-state index in [1.54, 1.807) is 11.8 Å². The van der Waals surface area contributed by atoms with Crippen molar-refractivity contribution in [3.63, 3.8) is 0 Å². The van der Waals surface area contributed by atoms with E-state index in [9.17, 15) is 4.79 Å². The predicted molar refractivity (Wildman–Crippen MR) is 128 cm³/mol. The molecule has 1 unspecified atom stereocenters. The van der Waals surface area contributed by atoms with Gasteiger partial charge in [-0.1, -0.05) is 47.7 Å². The predicted octanol–water partition coefficient (Wildman–Crippen LogP) is 6.10. The van der Waals surface area contributed by atoms with E-state index in [4.69, 9.17) is 9.47 Å². The fourth-order valence-electron chi connectivity index (χ4n) is 3.55. The lowest BCUT2D eigenvalue weighted by molar-refractivity contribution is -0.139. The van der Waals surface area contributed by atoms with Crippen LogP contribution in [0, 0.1) is 6.92 Å². The second-order valence-corrected chi connectivity index (χ2v) is 9.02. The lowest BCUT2D eigenvalue weighted by atomic mass is 9.95. The van der Waals surface area contributed by atoms with Crippen molar-refractivity contribution in [1.82, 2.24) is 4.90 Å². The molecule has 0 amide bonds. The van der Waals surface area contributed by atoms with Crippen LogP contribution in [-0.2, 0) is 16.1 Å². The van der Waals surface area contributed by atoms with Crippen LogP contribution in [0.3, 0.4) is 0 Å². The largest absolute Gasteiger partial charge is 0.488 e. The fraction of sp³-hybridized carbons (Fsp3) is 0.250. The van der Waals surface area contributed by atoms with Crippen LogP contribution in [0.5, 0.6) is 5.75 Å². The number of rotatable bonds is 6. The number of nitrogens with zero attached hydrogens (tertiary/aromatic N) is 2. The summed E-state index contributed by atoms with van der Waals surface area (Å²) in [5.41, 5.74) is 4.52. The number of amidine groups is 1. The van der Waals surface area contributed by atoms with Crippen LogP contribution >= 0.6 is 27.7 Å². The zero-order valence-corrected chi connectivity index (χ0v) is 20.0. The lowest BCUT2D eigenvalue weighted by Gasteiger charge is -2.33. The van der Waals surface area contributed by atoms with Crippen LogP contribution in [0.2, 0.25) is 0 Å². The van der Waals surface area contributed by atoms with Crippen LogP contribution in [0.1, 0.15) is 36.6 Å². The molecule has 0 radical (unpaired) electrons. The number of aliphatic imine (C=N–C) groups is 1. The van der Waals surface area contributed by atoms with Crippen LogP contribution in [0.25, 0.3) is 0 Å². The highest BCUT2D eigenvalue weighted by molar-refractivity contribution is 9.10. The maximum Gasteiger partial charge on any atom is 0.338 e. The molecule has 0 spiro atoms. The molecule has 7 heteroatoms. The molecular formula is C24H23BrN2O3S. The molecule has 1 atom stereocenters. The highest BCUT2D eigenvalue weighted by atomic mass is 79.9. The standard InChI is InChI=1S/C24H23BrN2O3S/c1-4-29-23(28)21-16(3)26-24-27(11-12-31-24)22(21)18-9-10-20(19(25)13-18)30-14-17-7-5-15(2)6-8-17/h5-13,22H,4,14H2,1-3H3. The third kappa shape index (κ3) is 4.57. The molecule has 2 aliphatic heterocycles. The van der Waals surface area contributed by atoms with E-state index >= 15 is 0 Å². The number of benzene rings is 2. The number of carbonyl (C=O) groups is 1. The van der Waals surface area contributed by atoms with E-state index in [0.29, 0.717) is 24.5 Å². The highest BCUT2D eigenvalue weighted by Gasteiger charge is 2.37. The molecule has 2 aliphatic rings. The maximum atomic E-state index is 12.8. The van der Waals surface area contributed by atoms with Crippen LogP contribution in [-0.4, -0.2) is 22.6 Å². The monoisotopic (exact) mass is 498 g/mol. The van der Waals surface area contributed by atoms with E-state index in [2.05, 4.69) is 52.1 Å². The average Bonchev–Trinajstić information content (AvgIpc) is 3.21. The Balaban J connectivity index is 1.62. The van der Waals surface area contributed by atoms with E-state index in [1.165, 1.54) is 5.56 Å².